The number of nitrogens with zero attached hydrogens (tertiary/aromatic N) is 3. The molecule has 2 aliphatic heterocycles. The van der Waals surface area contributed by atoms with Crippen molar-refractivity contribution in [1.82, 2.24) is 20.1 Å². The van der Waals surface area contributed by atoms with E-state index in [1.807, 2.05) is 24.1 Å². The Morgan fingerprint density at radius 2 is 2.11 bits per heavy atom. The molecule has 0 spiro atoms. The van der Waals surface area contributed by atoms with E-state index in [0.717, 1.165) is 18.4 Å². The van der Waals surface area contributed by atoms with Crippen LogP contribution in [0.4, 0.5) is 0 Å². The molecule has 28 heavy (non-hydrogen) atoms. The third-order valence-corrected chi connectivity index (χ3v) is 5.14. The summed E-state index contributed by atoms with van der Waals surface area (Å²) in [5.41, 5.74) is 1.06. The monoisotopic (exact) mass is 390 g/mol. The molecule has 1 N–H and O–H groups in total. The van der Waals surface area contributed by atoms with Gasteiger partial charge in [0.2, 0.25) is 11.8 Å². The number of hydrogen-bond donors (Lipinski definition) is 1. The molecule has 0 aromatic carbocycles. The molecule has 2 fully saturated rings. The molecule has 2 saturated heterocycles. The van der Waals surface area contributed by atoms with Gasteiger partial charge in [-0.25, -0.2) is 0 Å². The molecule has 1 aromatic heterocycles. The average molecular weight is 390 g/mol. The Hall–Kier alpha value is -2.03. The van der Waals surface area contributed by atoms with Crippen LogP contribution in [0.25, 0.3) is 0 Å². The molecule has 8 heteroatoms. The molecular weight excluding hydrogens is 360 g/mol. The lowest BCUT2D eigenvalue weighted by atomic mass is 10.1. The van der Waals surface area contributed by atoms with Gasteiger partial charge in [-0.3, -0.25) is 19.5 Å². The van der Waals surface area contributed by atoms with Gasteiger partial charge in [0.15, 0.2) is 0 Å². The van der Waals surface area contributed by atoms with Gasteiger partial charge in [0.1, 0.15) is 0 Å². The summed E-state index contributed by atoms with van der Waals surface area (Å²) in [5.74, 6) is 0.00229. The maximum Gasteiger partial charge on any atom is 0.237 e. The number of carbonyl (C=O) groups excluding carboxylic acids is 2. The molecule has 2 aliphatic rings. The van der Waals surface area contributed by atoms with Gasteiger partial charge in [-0.05, 0) is 31.5 Å². The number of morpholine rings is 1. The maximum absolute atomic E-state index is 12.8. The predicted molar refractivity (Wildman–Crippen MR) is 103 cm³/mol. The lowest BCUT2D eigenvalue weighted by molar-refractivity contribution is -0.142. The Balaban J connectivity index is 1.50. The summed E-state index contributed by atoms with van der Waals surface area (Å²) in [6.45, 7) is 3.76. The standard InChI is InChI=1S/C20H30N4O4/c1-23(13-16-3-2-6-21-12-16)14-20(26)24-7-10-28-15-18(24)11-19(25)22-17-4-8-27-9-5-17/h2-3,6,12,17-18H,4-5,7-11,13-15H2,1H3,(H,22,25)/t18-/m1/s1. The maximum atomic E-state index is 12.8. The molecule has 154 valence electrons. The average Bonchev–Trinajstić information content (AvgIpc) is 2.69. The molecule has 0 saturated carbocycles. The first-order chi connectivity index (χ1) is 13.6. The van der Waals surface area contributed by atoms with Crippen molar-refractivity contribution in [3.63, 3.8) is 0 Å². The van der Waals surface area contributed by atoms with E-state index in [0.29, 0.717) is 46.1 Å². The second-order valence-electron chi connectivity index (χ2n) is 7.51. The normalized spacial score (nSPS) is 20.9. The minimum absolute atomic E-state index is 0.0242. The number of nitrogens with one attached hydrogen (secondary N) is 1. The van der Waals surface area contributed by atoms with Crippen LogP contribution < -0.4 is 5.32 Å². The van der Waals surface area contributed by atoms with Crippen LogP contribution in [0.15, 0.2) is 24.5 Å². The number of carbonyl (C=O) groups is 2. The largest absolute Gasteiger partial charge is 0.381 e. The highest BCUT2D eigenvalue weighted by atomic mass is 16.5. The zero-order valence-corrected chi connectivity index (χ0v) is 16.5. The van der Waals surface area contributed by atoms with Crippen LogP contribution in [-0.2, 0) is 25.6 Å². The van der Waals surface area contributed by atoms with E-state index in [1.165, 1.54) is 0 Å². The van der Waals surface area contributed by atoms with Gasteiger partial charge in [-0.15, -0.1) is 0 Å². The van der Waals surface area contributed by atoms with Crippen molar-refractivity contribution in [2.75, 3.05) is 46.6 Å². The van der Waals surface area contributed by atoms with Crippen LogP contribution in [0, 0.1) is 0 Å². The first kappa shape index (κ1) is 20.7. The molecule has 1 aromatic rings. The fourth-order valence-corrected chi connectivity index (χ4v) is 3.68. The van der Waals surface area contributed by atoms with Crippen LogP contribution in [-0.4, -0.2) is 85.2 Å². The van der Waals surface area contributed by atoms with Gasteiger partial charge in [-0.2, -0.15) is 0 Å². The number of likely N-dealkylation sites (N-methyl/N-ethyl adjacent to an activating group) is 1. The SMILES string of the molecule is CN(CC(=O)N1CCOC[C@H]1CC(=O)NC1CCOCC1)Cc1cccnc1. The van der Waals surface area contributed by atoms with Crippen LogP contribution in [0.2, 0.25) is 0 Å². The van der Waals surface area contributed by atoms with E-state index in [-0.39, 0.29) is 30.3 Å². The molecule has 3 rings (SSSR count). The predicted octanol–water partition coefficient (Wildman–Crippen LogP) is 0.426. The van der Waals surface area contributed by atoms with Gasteiger partial charge in [-0.1, -0.05) is 6.07 Å². The van der Waals surface area contributed by atoms with Crippen molar-refractivity contribution in [1.29, 1.82) is 0 Å². The summed E-state index contributed by atoms with van der Waals surface area (Å²) in [6.07, 6.45) is 5.50. The van der Waals surface area contributed by atoms with E-state index in [9.17, 15) is 9.59 Å². The van der Waals surface area contributed by atoms with Gasteiger partial charge >= 0.3 is 0 Å². The number of hydrogen-bond acceptors (Lipinski definition) is 6. The Morgan fingerprint density at radius 3 is 2.86 bits per heavy atom. The van der Waals surface area contributed by atoms with Crippen molar-refractivity contribution in [3.05, 3.63) is 30.1 Å². The Morgan fingerprint density at radius 1 is 1.29 bits per heavy atom. The number of pyridine rings is 1. The van der Waals surface area contributed by atoms with Crippen molar-refractivity contribution >= 4 is 11.8 Å². The van der Waals surface area contributed by atoms with Gasteiger partial charge in [0.05, 0.1) is 25.8 Å². The molecule has 0 unspecified atom stereocenters. The highest BCUT2D eigenvalue weighted by Crippen LogP contribution is 2.13. The van der Waals surface area contributed by atoms with Gasteiger partial charge in [0, 0.05) is 51.2 Å². The number of ether oxygens (including phenoxy) is 2. The molecular formula is C20H30N4O4. The number of rotatable bonds is 7. The van der Waals surface area contributed by atoms with E-state index < -0.39 is 0 Å². The third kappa shape index (κ3) is 6.25. The summed E-state index contributed by atoms with van der Waals surface area (Å²) in [5, 5.41) is 3.07. The third-order valence-electron chi connectivity index (χ3n) is 5.14. The van der Waals surface area contributed by atoms with Crippen LogP contribution in [0.5, 0.6) is 0 Å². The fraction of sp³-hybridized carbons (Fsp3) is 0.650. The molecule has 0 radical (unpaired) electrons. The van der Waals surface area contributed by atoms with Crippen molar-refractivity contribution < 1.29 is 19.1 Å². The molecule has 3 heterocycles. The van der Waals surface area contributed by atoms with Crippen LogP contribution in [0.3, 0.4) is 0 Å². The smallest absolute Gasteiger partial charge is 0.237 e. The number of amides is 2. The van der Waals surface area contributed by atoms with Gasteiger partial charge in [0.25, 0.3) is 0 Å². The zero-order chi connectivity index (χ0) is 19.8. The van der Waals surface area contributed by atoms with E-state index >= 15 is 0 Å². The Bertz CT molecular complexity index is 636. The highest BCUT2D eigenvalue weighted by Gasteiger charge is 2.30. The van der Waals surface area contributed by atoms with E-state index in [2.05, 4.69) is 10.3 Å². The minimum Gasteiger partial charge on any atom is -0.381 e. The first-order valence-electron chi connectivity index (χ1n) is 9.93. The van der Waals surface area contributed by atoms with Crippen LogP contribution >= 0.6 is 0 Å². The molecule has 0 bridgehead atoms. The molecule has 8 nitrogen and oxygen atoms in total. The zero-order valence-electron chi connectivity index (χ0n) is 16.5. The molecule has 0 aliphatic carbocycles. The lowest BCUT2D eigenvalue weighted by Gasteiger charge is -2.36. The lowest BCUT2D eigenvalue weighted by Crippen LogP contribution is -2.53. The fourth-order valence-electron chi connectivity index (χ4n) is 3.68. The Kier molecular flexibility index (Phi) is 7.76. The number of aromatic nitrogens is 1. The second kappa shape index (κ2) is 10.5. The molecule has 2 amide bonds. The van der Waals surface area contributed by atoms with Crippen molar-refractivity contribution in [3.8, 4) is 0 Å². The summed E-state index contributed by atoms with van der Waals surface area (Å²) < 4.78 is 10.9. The van der Waals surface area contributed by atoms with Gasteiger partial charge < -0.3 is 19.7 Å². The first-order valence-corrected chi connectivity index (χ1v) is 9.93. The van der Waals surface area contributed by atoms with Crippen LogP contribution in [0.1, 0.15) is 24.8 Å². The summed E-state index contributed by atoms with van der Waals surface area (Å²) in [4.78, 5) is 33.2. The topological polar surface area (TPSA) is 84.0 Å². The summed E-state index contributed by atoms with van der Waals surface area (Å²) in [7, 11) is 1.91. The highest BCUT2D eigenvalue weighted by molar-refractivity contribution is 5.81. The molecule has 1 atom stereocenters. The van der Waals surface area contributed by atoms with Crippen molar-refractivity contribution in [2.45, 2.75) is 37.9 Å². The quantitative estimate of drug-likeness (QED) is 0.727. The van der Waals surface area contributed by atoms with E-state index in [4.69, 9.17) is 9.47 Å². The second-order valence-corrected chi connectivity index (χ2v) is 7.51. The van der Waals surface area contributed by atoms with E-state index in [1.54, 1.807) is 17.3 Å². The summed E-state index contributed by atoms with van der Waals surface area (Å²) in [6, 6.07) is 3.83. The summed E-state index contributed by atoms with van der Waals surface area (Å²) >= 11 is 0. The van der Waals surface area contributed by atoms with Crippen molar-refractivity contribution in [2.24, 2.45) is 0 Å². The Labute approximate surface area is 166 Å². The minimum atomic E-state index is -0.215.